The zero-order valence-corrected chi connectivity index (χ0v) is 24.6. The monoisotopic (exact) mass is 587 g/mol. The van der Waals surface area contributed by atoms with E-state index in [1.54, 1.807) is 13.0 Å². The van der Waals surface area contributed by atoms with E-state index in [0.29, 0.717) is 24.5 Å². The Balaban J connectivity index is 1.40. The van der Waals surface area contributed by atoms with E-state index in [-0.39, 0.29) is 32.4 Å². The molecule has 0 bridgehead atoms. The molecule has 7 heteroatoms. The van der Waals surface area contributed by atoms with Gasteiger partial charge in [0.2, 0.25) is 0 Å². The van der Waals surface area contributed by atoms with Crippen LogP contribution in [-0.4, -0.2) is 42.9 Å². The molecule has 222 valence electrons. The van der Waals surface area contributed by atoms with Crippen molar-refractivity contribution in [1.82, 2.24) is 4.57 Å². The maximum atomic E-state index is 11.6. The fourth-order valence-corrected chi connectivity index (χ4v) is 5.64. The number of ether oxygens (including phenoxy) is 4. The molecule has 0 fully saturated rings. The van der Waals surface area contributed by atoms with Crippen molar-refractivity contribution >= 4 is 55.3 Å². The lowest BCUT2D eigenvalue weighted by Crippen LogP contribution is -2.12. The third-order valence-electron chi connectivity index (χ3n) is 7.59. The summed E-state index contributed by atoms with van der Waals surface area (Å²) in [6.07, 6.45) is 1.43. The van der Waals surface area contributed by atoms with Crippen LogP contribution >= 0.6 is 0 Å². The van der Waals surface area contributed by atoms with Gasteiger partial charge in [-0.1, -0.05) is 74.2 Å². The van der Waals surface area contributed by atoms with E-state index >= 15 is 0 Å². The molecule has 0 amide bonds. The molecular formula is C37H33NO6. The number of aromatic nitrogens is 1. The van der Waals surface area contributed by atoms with Gasteiger partial charge in [0, 0.05) is 35.9 Å². The third kappa shape index (κ3) is 5.95. The smallest absolute Gasteiger partial charge is 0.330 e. The van der Waals surface area contributed by atoms with Gasteiger partial charge in [-0.15, -0.1) is 0 Å². The predicted octanol–water partition coefficient (Wildman–Crippen LogP) is 7.59. The number of fused-ring (bicyclic) bond motifs is 7. The van der Waals surface area contributed by atoms with Crippen molar-refractivity contribution in [2.75, 3.05) is 26.4 Å². The molecule has 7 nitrogen and oxygen atoms in total. The second kappa shape index (κ2) is 12.9. The molecule has 0 atom stereocenters. The molecule has 6 aromatic rings. The van der Waals surface area contributed by atoms with Gasteiger partial charge in [-0.3, -0.25) is 4.79 Å². The number of nitrogens with zero attached hydrogens (tertiary/aromatic N) is 1. The van der Waals surface area contributed by atoms with Gasteiger partial charge in [0.15, 0.2) is 0 Å². The summed E-state index contributed by atoms with van der Waals surface area (Å²) in [6, 6.07) is 31.5. The van der Waals surface area contributed by atoms with Crippen LogP contribution in [0.2, 0.25) is 0 Å². The molecule has 6 rings (SSSR count). The number of esters is 2. The standard InChI is InChI=1S/C37H33NO6/c1-3-34(39)43-19-17-41-28-21-25(22-29(23-28)42-18-20-44-35(40)4-2)24-38-32-15-13-26-9-5-7-11-30(26)36(32)37-31-12-8-6-10-27(31)14-16-33(37)38/h3,5-16,21-23H,1,4,17-20,24H2,2H3. The molecule has 0 N–H and O–H groups in total. The minimum atomic E-state index is -0.501. The van der Waals surface area contributed by atoms with Gasteiger partial charge in [0.25, 0.3) is 0 Å². The van der Waals surface area contributed by atoms with E-state index in [4.69, 9.17) is 18.9 Å². The van der Waals surface area contributed by atoms with Crippen LogP contribution < -0.4 is 9.47 Å². The van der Waals surface area contributed by atoms with Crippen molar-refractivity contribution in [3.63, 3.8) is 0 Å². The Morgan fingerprint density at radius 1 is 0.705 bits per heavy atom. The predicted molar refractivity (Wildman–Crippen MR) is 173 cm³/mol. The van der Waals surface area contributed by atoms with Gasteiger partial charge in [-0.25, -0.2) is 4.79 Å². The molecule has 0 aliphatic heterocycles. The normalized spacial score (nSPS) is 11.2. The summed E-state index contributed by atoms with van der Waals surface area (Å²) in [5, 5.41) is 7.25. The van der Waals surface area contributed by atoms with E-state index in [1.807, 2.05) is 12.1 Å². The number of carbonyl (C=O) groups excluding carboxylic acids is 2. The zero-order chi connectivity index (χ0) is 30.5. The van der Waals surface area contributed by atoms with E-state index < -0.39 is 5.97 Å². The van der Waals surface area contributed by atoms with E-state index in [9.17, 15) is 9.59 Å². The molecule has 0 unspecified atom stereocenters. The summed E-state index contributed by atoms with van der Waals surface area (Å²) in [7, 11) is 0. The highest BCUT2D eigenvalue weighted by Gasteiger charge is 2.17. The lowest BCUT2D eigenvalue weighted by Gasteiger charge is -2.14. The van der Waals surface area contributed by atoms with Crippen LogP contribution in [0.4, 0.5) is 0 Å². The second-order valence-electron chi connectivity index (χ2n) is 10.4. The minimum Gasteiger partial charge on any atom is -0.490 e. The third-order valence-corrected chi connectivity index (χ3v) is 7.59. The van der Waals surface area contributed by atoms with Crippen LogP contribution in [0.5, 0.6) is 11.5 Å². The molecule has 0 saturated heterocycles. The maximum Gasteiger partial charge on any atom is 0.330 e. The van der Waals surface area contributed by atoms with Crippen LogP contribution in [0.25, 0.3) is 43.4 Å². The van der Waals surface area contributed by atoms with Crippen LogP contribution in [-0.2, 0) is 25.6 Å². The van der Waals surface area contributed by atoms with Crippen LogP contribution in [0, 0.1) is 0 Å². The van der Waals surface area contributed by atoms with Crippen LogP contribution in [0.3, 0.4) is 0 Å². The Morgan fingerprint density at radius 3 is 1.80 bits per heavy atom. The first kappa shape index (κ1) is 28.8. The van der Waals surface area contributed by atoms with Crippen molar-refractivity contribution in [2.24, 2.45) is 0 Å². The van der Waals surface area contributed by atoms with Gasteiger partial charge >= 0.3 is 11.9 Å². The zero-order valence-electron chi connectivity index (χ0n) is 24.6. The first-order valence-electron chi connectivity index (χ1n) is 14.7. The van der Waals surface area contributed by atoms with Gasteiger partial charge in [0.05, 0.1) is 11.0 Å². The SMILES string of the molecule is C=CC(=O)OCCOc1cc(Cn2c3ccc4ccccc4c3c3c4ccccc4ccc32)cc(OCCOC(=O)CC)c1. The first-order valence-corrected chi connectivity index (χ1v) is 14.7. The minimum absolute atomic E-state index is 0.0886. The summed E-state index contributed by atoms with van der Waals surface area (Å²) < 4.78 is 24.5. The number of rotatable bonds is 12. The molecule has 0 radical (unpaired) electrons. The Bertz CT molecular complexity index is 1910. The molecule has 0 aliphatic rings. The van der Waals surface area contributed by atoms with Crippen molar-refractivity contribution in [1.29, 1.82) is 0 Å². The van der Waals surface area contributed by atoms with Crippen molar-refractivity contribution in [2.45, 2.75) is 19.9 Å². The summed E-state index contributed by atoms with van der Waals surface area (Å²) in [6.45, 7) is 6.34. The average Bonchev–Trinajstić information content (AvgIpc) is 3.38. The topological polar surface area (TPSA) is 76.0 Å². The van der Waals surface area contributed by atoms with E-state index in [0.717, 1.165) is 22.7 Å². The number of hydrogen-bond donors (Lipinski definition) is 0. The second-order valence-corrected chi connectivity index (χ2v) is 10.4. The maximum absolute atomic E-state index is 11.6. The Hall–Kier alpha value is -5.30. The number of benzene rings is 5. The molecule has 1 aromatic heterocycles. The van der Waals surface area contributed by atoms with Crippen molar-refractivity contribution in [3.05, 3.63) is 109 Å². The lowest BCUT2D eigenvalue weighted by molar-refractivity contribution is -0.144. The average molecular weight is 588 g/mol. The van der Waals surface area contributed by atoms with Gasteiger partial charge in [-0.05, 0) is 51.4 Å². The first-order chi connectivity index (χ1) is 21.6. The molecule has 1 heterocycles. The highest BCUT2D eigenvalue weighted by atomic mass is 16.6. The molecule has 0 spiro atoms. The molecule has 5 aromatic carbocycles. The summed E-state index contributed by atoms with van der Waals surface area (Å²) in [5.74, 6) is 0.394. The van der Waals surface area contributed by atoms with Crippen molar-refractivity contribution in [3.8, 4) is 11.5 Å². The highest BCUT2D eigenvalue weighted by molar-refractivity contribution is 6.28. The number of hydrogen-bond acceptors (Lipinski definition) is 6. The van der Waals surface area contributed by atoms with Crippen LogP contribution in [0.1, 0.15) is 18.9 Å². The molecule has 0 saturated carbocycles. The summed E-state index contributed by atoms with van der Waals surface area (Å²) in [4.78, 5) is 23.0. The lowest BCUT2D eigenvalue weighted by atomic mass is 10.00. The Kier molecular flexibility index (Phi) is 8.46. The van der Waals surface area contributed by atoms with Crippen LogP contribution in [0.15, 0.2) is 104 Å². The number of carbonyl (C=O) groups is 2. The van der Waals surface area contributed by atoms with Gasteiger partial charge in [0.1, 0.15) is 37.9 Å². The van der Waals surface area contributed by atoms with Crippen molar-refractivity contribution < 1.29 is 28.5 Å². The Labute approximate surface area is 255 Å². The van der Waals surface area contributed by atoms with Gasteiger partial charge < -0.3 is 23.5 Å². The quantitative estimate of drug-likeness (QED) is 0.0834. The largest absolute Gasteiger partial charge is 0.490 e. The highest BCUT2D eigenvalue weighted by Crippen LogP contribution is 2.39. The van der Waals surface area contributed by atoms with Gasteiger partial charge in [-0.2, -0.15) is 0 Å². The summed E-state index contributed by atoms with van der Waals surface area (Å²) >= 11 is 0. The fraction of sp³-hybridized carbons (Fsp3) is 0.189. The molecule has 44 heavy (non-hydrogen) atoms. The summed E-state index contributed by atoms with van der Waals surface area (Å²) in [5.41, 5.74) is 3.23. The Morgan fingerprint density at radius 2 is 1.25 bits per heavy atom. The molecular weight excluding hydrogens is 554 g/mol. The van der Waals surface area contributed by atoms with E-state index in [1.165, 1.54) is 32.3 Å². The van der Waals surface area contributed by atoms with E-state index in [2.05, 4.69) is 83.9 Å². The fourth-order valence-electron chi connectivity index (χ4n) is 5.64. The molecule has 0 aliphatic carbocycles.